The van der Waals surface area contributed by atoms with Gasteiger partial charge >= 0.3 is 0 Å². The molecule has 15 heavy (non-hydrogen) atoms. The van der Waals surface area contributed by atoms with E-state index in [1.807, 2.05) is 0 Å². The number of phenolic OH excluding ortho intramolecular Hbond substituents is 1. The summed E-state index contributed by atoms with van der Waals surface area (Å²) >= 11 is 0. The molecule has 2 rings (SSSR count). The molecule has 0 aliphatic carbocycles. The molecule has 0 aromatic heterocycles. The molecule has 1 aliphatic rings. The van der Waals surface area contributed by atoms with Crippen molar-refractivity contribution in [1.82, 2.24) is 5.32 Å². The number of aromatic hydroxyl groups is 1. The molecule has 0 bridgehead atoms. The Kier molecular flexibility index (Phi) is 2.77. The zero-order chi connectivity index (χ0) is 10.8. The fraction of sp³-hybridized carbons (Fsp3) is 0.455. The van der Waals surface area contributed by atoms with Gasteiger partial charge in [-0.15, -0.1) is 0 Å². The Morgan fingerprint density at radius 1 is 1.53 bits per heavy atom. The van der Waals surface area contributed by atoms with Crippen LogP contribution in [0.1, 0.15) is 24.4 Å². The molecule has 1 saturated heterocycles. The van der Waals surface area contributed by atoms with Crippen molar-refractivity contribution in [3.8, 4) is 11.5 Å². The molecule has 0 spiro atoms. The van der Waals surface area contributed by atoms with Crippen LogP contribution < -0.4 is 10.1 Å². The molecule has 1 fully saturated rings. The highest BCUT2D eigenvalue weighted by Gasteiger charge is 2.24. The maximum atomic E-state index is 13.9. The Balaban J connectivity index is 2.43. The van der Waals surface area contributed by atoms with Gasteiger partial charge in [-0.05, 0) is 31.5 Å². The van der Waals surface area contributed by atoms with Crippen LogP contribution in [0.4, 0.5) is 4.39 Å². The van der Waals surface area contributed by atoms with Crippen LogP contribution in [0.5, 0.6) is 11.5 Å². The van der Waals surface area contributed by atoms with E-state index in [1.54, 1.807) is 0 Å². The monoisotopic (exact) mass is 211 g/mol. The first-order valence-corrected chi connectivity index (χ1v) is 5.02. The van der Waals surface area contributed by atoms with Gasteiger partial charge in [0, 0.05) is 6.04 Å². The number of halogens is 1. The largest absolute Gasteiger partial charge is 0.507 e. The Bertz CT molecular complexity index is 362. The third kappa shape index (κ3) is 1.77. The van der Waals surface area contributed by atoms with Gasteiger partial charge < -0.3 is 15.2 Å². The summed E-state index contributed by atoms with van der Waals surface area (Å²) in [5.41, 5.74) is 0.326. The molecule has 4 heteroatoms. The van der Waals surface area contributed by atoms with Crippen LogP contribution >= 0.6 is 0 Å². The number of hydrogen-bond donors (Lipinski definition) is 2. The first kappa shape index (κ1) is 10.2. The first-order chi connectivity index (χ1) is 7.24. The Hall–Kier alpha value is -1.29. The highest BCUT2D eigenvalue weighted by molar-refractivity contribution is 5.43. The summed E-state index contributed by atoms with van der Waals surface area (Å²) in [7, 11) is 1.42. The van der Waals surface area contributed by atoms with Gasteiger partial charge in [0.1, 0.15) is 5.75 Å². The zero-order valence-electron chi connectivity index (χ0n) is 8.59. The SMILES string of the molecule is COc1ccc(O)c(C2CCCN2)c1F. The molecular formula is C11H14FNO2. The minimum Gasteiger partial charge on any atom is -0.507 e. The molecule has 82 valence electrons. The summed E-state index contributed by atoms with van der Waals surface area (Å²) < 4.78 is 18.7. The van der Waals surface area contributed by atoms with E-state index in [0.29, 0.717) is 5.56 Å². The topological polar surface area (TPSA) is 41.5 Å². The summed E-state index contributed by atoms with van der Waals surface area (Å²) in [6.45, 7) is 0.862. The molecule has 1 aromatic carbocycles. The van der Waals surface area contributed by atoms with E-state index in [0.717, 1.165) is 19.4 Å². The lowest BCUT2D eigenvalue weighted by atomic mass is 10.0. The number of hydrogen-bond acceptors (Lipinski definition) is 3. The fourth-order valence-corrected chi connectivity index (χ4v) is 1.98. The van der Waals surface area contributed by atoms with Gasteiger partial charge in [-0.3, -0.25) is 0 Å². The predicted octanol–water partition coefficient (Wildman–Crippen LogP) is 1.96. The van der Waals surface area contributed by atoms with Crippen molar-refractivity contribution >= 4 is 0 Å². The fourth-order valence-electron chi connectivity index (χ4n) is 1.98. The minimum absolute atomic E-state index is 0.00676. The molecule has 1 aliphatic heterocycles. The molecule has 1 unspecified atom stereocenters. The third-order valence-electron chi connectivity index (χ3n) is 2.75. The summed E-state index contributed by atoms with van der Waals surface area (Å²) in [4.78, 5) is 0. The molecule has 3 nitrogen and oxygen atoms in total. The molecule has 1 aromatic rings. The first-order valence-electron chi connectivity index (χ1n) is 5.02. The predicted molar refractivity (Wildman–Crippen MR) is 54.6 cm³/mol. The van der Waals surface area contributed by atoms with Crippen molar-refractivity contribution in [2.45, 2.75) is 18.9 Å². The maximum Gasteiger partial charge on any atom is 0.173 e. The Morgan fingerprint density at radius 2 is 2.33 bits per heavy atom. The second-order valence-electron chi connectivity index (χ2n) is 3.66. The quantitative estimate of drug-likeness (QED) is 0.785. The van der Waals surface area contributed by atoms with Gasteiger partial charge in [0.05, 0.1) is 12.7 Å². The van der Waals surface area contributed by atoms with Crippen LogP contribution in [0.3, 0.4) is 0 Å². The van der Waals surface area contributed by atoms with E-state index < -0.39 is 5.82 Å². The van der Waals surface area contributed by atoms with Crippen molar-refractivity contribution in [2.75, 3.05) is 13.7 Å². The number of nitrogens with one attached hydrogen (secondary N) is 1. The normalized spacial score (nSPS) is 20.5. The van der Waals surface area contributed by atoms with Gasteiger partial charge in [-0.2, -0.15) is 0 Å². The lowest BCUT2D eigenvalue weighted by Gasteiger charge is -2.15. The molecule has 0 radical (unpaired) electrons. The van der Waals surface area contributed by atoms with Crippen molar-refractivity contribution in [1.29, 1.82) is 0 Å². The molecule has 1 atom stereocenters. The maximum absolute atomic E-state index is 13.9. The van der Waals surface area contributed by atoms with Crippen LogP contribution in [0.25, 0.3) is 0 Å². The number of phenols is 1. The molecule has 2 N–H and O–H groups in total. The average Bonchev–Trinajstić information content (AvgIpc) is 2.71. The number of ether oxygens (including phenoxy) is 1. The minimum atomic E-state index is -0.461. The second kappa shape index (κ2) is 4.06. The van der Waals surface area contributed by atoms with Gasteiger partial charge in [0.2, 0.25) is 0 Å². The van der Waals surface area contributed by atoms with Gasteiger partial charge in [0.25, 0.3) is 0 Å². The van der Waals surface area contributed by atoms with E-state index in [9.17, 15) is 9.50 Å². The molecule has 0 saturated carbocycles. The third-order valence-corrected chi connectivity index (χ3v) is 2.75. The van der Waals surface area contributed by atoms with Crippen LogP contribution in [0, 0.1) is 5.82 Å². The van der Waals surface area contributed by atoms with E-state index in [1.165, 1.54) is 19.2 Å². The number of rotatable bonds is 2. The van der Waals surface area contributed by atoms with Gasteiger partial charge in [-0.25, -0.2) is 4.39 Å². The van der Waals surface area contributed by atoms with Crippen molar-refractivity contribution < 1.29 is 14.2 Å². The van der Waals surface area contributed by atoms with Crippen molar-refractivity contribution in [3.63, 3.8) is 0 Å². The van der Waals surface area contributed by atoms with Gasteiger partial charge in [-0.1, -0.05) is 0 Å². The summed E-state index contributed by atoms with van der Waals surface area (Å²) in [6, 6.07) is 2.81. The highest BCUT2D eigenvalue weighted by atomic mass is 19.1. The zero-order valence-corrected chi connectivity index (χ0v) is 8.59. The van der Waals surface area contributed by atoms with Crippen molar-refractivity contribution in [3.05, 3.63) is 23.5 Å². The van der Waals surface area contributed by atoms with E-state index in [4.69, 9.17) is 4.74 Å². The standard InChI is InChI=1S/C11H14FNO2/c1-15-9-5-4-8(14)10(11(9)12)7-3-2-6-13-7/h4-5,7,13-14H,2-3,6H2,1H3. The smallest absolute Gasteiger partial charge is 0.173 e. The number of methoxy groups -OCH3 is 1. The second-order valence-corrected chi connectivity index (χ2v) is 3.66. The van der Waals surface area contributed by atoms with E-state index >= 15 is 0 Å². The highest BCUT2D eigenvalue weighted by Crippen LogP contribution is 2.36. The van der Waals surface area contributed by atoms with E-state index in [2.05, 4.69) is 5.32 Å². The Labute approximate surface area is 87.9 Å². The van der Waals surface area contributed by atoms with Crippen LogP contribution in [-0.2, 0) is 0 Å². The molecular weight excluding hydrogens is 197 g/mol. The van der Waals surface area contributed by atoms with Crippen LogP contribution in [0.2, 0.25) is 0 Å². The Morgan fingerprint density at radius 3 is 2.93 bits per heavy atom. The molecule has 1 heterocycles. The summed E-state index contributed by atoms with van der Waals surface area (Å²) in [5, 5.41) is 12.8. The van der Waals surface area contributed by atoms with Crippen LogP contribution in [0.15, 0.2) is 12.1 Å². The lowest BCUT2D eigenvalue weighted by Crippen LogP contribution is -2.14. The lowest BCUT2D eigenvalue weighted by molar-refractivity contribution is 0.373. The van der Waals surface area contributed by atoms with E-state index in [-0.39, 0.29) is 17.5 Å². The molecule has 0 amide bonds. The summed E-state index contributed by atoms with van der Waals surface area (Å²) in [6.07, 6.45) is 1.85. The average molecular weight is 211 g/mol. The van der Waals surface area contributed by atoms with Crippen LogP contribution in [-0.4, -0.2) is 18.8 Å². The summed E-state index contributed by atoms with van der Waals surface area (Å²) in [5.74, 6) is -0.291. The van der Waals surface area contributed by atoms with Crippen molar-refractivity contribution in [2.24, 2.45) is 0 Å². The van der Waals surface area contributed by atoms with Gasteiger partial charge in [0.15, 0.2) is 11.6 Å². The number of benzene rings is 1.